The first-order valence-corrected chi connectivity index (χ1v) is 6.51. The van der Waals surface area contributed by atoms with Gasteiger partial charge in [0.1, 0.15) is 5.70 Å². The van der Waals surface area contributed by atoms with Crippen molar-refractivity contribution < 1.29 is 14.7 Å². The summed E-state index contributed by atoms with van der Waals surface area (Å²) in [5, 5.41) is 12.4. The van der Waals surface area contributed by atoms with Gasteiger partial charge in [0, 0.05) is 22.3 Å². The molecule has 21 heavy (non-hydrogen) atoms. The number of para-hydroxylation sites is 1. The van der Waals surface area contributed by atoms with Crippen LogP contribution < -0.4 is 5.32 Å². The maximum atomic E-state index is 12.0. The van der Waals surface area contributed by atoms with Crippen molar-refractivity contribution in [3.8, 4) is 0 Å². The molecule has 0 saturated heterocycles. The van der Waals surface area contributed by atoms with E-state index in [0.717, 1.165) is 6.08 Å². The van der Waals surface area contributed by atoms with Gasteiger partial charge in [-0.2, -0.15) is 0 Å². The Morgan fingerprint density at radius 3 is 2.19 bits per heavy atom. The number of hydrogen-bond donors (Lipinski definition) is 2. The van der Waals surface area contributed by atoms with E-state index in [-0.39, 0.29) is 5.70 Å². The molecule has 0 aliphatic heterocycles. The van der Waals surface area contributed by atoms with Crippen molar-refractivity contribution in [2.24, 2.45) is 0 Å². The minimum Gasteiger partial charge on any atom is -0.477 e. The molecule has 0 saturated carbocycles. The molecule has 0 heterocycles. The van der Waals surface area contributed by atoms with Gasteiger partial charge in [0.05, 0.1) is 0 Å². The van der Waals surface area contributed by atoms with Gasteiger partial charge in [0.25, 0.3) is 0 Å². The van der Waals surface area contributed by atoms with E-state index in [0.29, 0.717) is 16.3 Å². The highest BCUT2D eigenvalue weighted by atomic mass is 35.5. The summed E-state index contributed by atoms with van der Waals surface area (Å²) in [6.45, 7) is 0. The van der Waals surface area contributed by atoms with Crippen LogP contribution in [0, 0.1) is 0 Å². The number of allylic oxidation sites excluding steroid dienone is 1. The Kier molecular flexibility index (Phi) is 4.74. The van der Waals surface area contributed by atoms with E-state index in [9.17, 15) is 14.7 Å². The first-order chi connectivity index (χ1) is 10.1. The van der Waals surface area contributed by atoms with E-state index >= 15 is 0 Å². The fourth-order valence-electron chi connectivity index (χ4n) is 1.66. The highest BCUT2D eigenvalue weighted by Gasteiger charge is 2.11. The smallest absolute Gasteiger partial charge is 0.352 e. The molecule has 2 N–H and O–H groups in total. The molecule has 0 spiro atoms. The number of carboxylic acids is 1. The second-order valence-electron chi connectivity index (χ2n) is 4.23. The molecule has 0 radical (unpaired) electrons. The average Bonchev–Trinajstić information content (AvgIpc) is 2.48. The molecule has 0 aliphatic rings. The quantitative estimate of drug-likeness (QED) is 0.654. The highest BCUT2D eigenvalue weighted by molar-refractivity contribution is 6.30. The lowest BCUT2D eigenvalue weighted by molar-refractivity contribution is -0.132. The van der Waals surface area contributed by atoms with Crippen molar-refractivity contribution >= 4 is 29.0 Å². The predicted octanol–water partition coefficient (Wildman–Crippen LogP) is 3.60. The Hall–Kier alpha value is -2.59. The van der Waals surface area contributed by atoms with Crippen LogP contribution in [-0.4, -0.2) is 16.9 Å². The second kappa shape index (κ2) is 6.72. The van der Waals surface area contributed by atoms with E-state index in [1.807, 2.05) is 6.07 Å². The summed E-state index contributed by atoms with van der Waals surface area (Å²) in [4.78, 5) is 23.3. The zero-order valence-corrected chi connectivity index (χ0v) is 11.7. The molecule has 106 valence electrons. The van der Waals surface area contributed by atoms with Crippen molar-refractivity contribution in [1.82, 2.24) is 0 Å². The van der Waals surface area contributed by atoms with Crippen LogP contribution in [0.4, 0.5) is 5.69 Å². The van der Waals surface area contributed by atoms with Crippen LogP contribution in [0.3, 0.4) is 0 Å². The van der Waals surface area contributed by atoms with Gasteiger partial charge in [-0.15, -0.1) is 0 Å². The average molecular weight is 302 g/mol. The molecule has 0 aromatic heterocycles. The van der Waals surface area contributed by atoms with E-state index in [4.69, 9.17) is 11.6 Å². The van der Waals surface area contributed by atoms with Crippen LogP contribution in [0.15, 0.2) is 66.4 Å². The topological polar surface area (TPSA) is 66.4 Å². The zero-order valence-electron chi connectivity index (χ0n) is 10.9. The third kappa shape index (κ3) is 4.19. The maximum absolute atomic E-state index is 12.0. The summed E-state index contributed by atoms with van der Waals surface area (Å²) >= 11 is 5.75. The van der Waals surface area contributed by atoms with Crippen molar-refractivity contribution in [2.75, 3.05) is 5.32 Å². The van der Waals surface area contributed by atoms with Crippen LogP contribution >= 0.6 is 11.6 Å². The third-order valence-corrected chi connectivity index (χ3v) is 2.94. The van der Waals surface area contributed by atoms with Gasteiger partial charge in [0.15, 0.2) is 5.78 Å². The first-order valence-electron chi connectivity index (χ1n) is 6.13. The third-order valence-electron chi connectivity index (χ3n) is 2.69. The van der Waals surface area contributed by atoms with Gasteiger partial charge < -0.3 is 10.4 Å². The Labute approximate surface area is 126 Å². The number of anilines is 1. The lowest BCUT2D eigenvalue weighted by atomic mass is 10.1. The first kappa shape index (κ1) is 14.8. The summed E-state index contributed by atoms with van der Waals surface area (Å²) < 4.78 is 0. The van der Waals surface area contributed by atoms with Crippen molar-refractivity contribution in [2.45, 2.75) is 0 Å². The minimum absolute atomic E-state index is 0.193. The van der Waals surface area contributed by atoms with Gasteiger partial charge in [-0.1, -0.05) is 29.8 Å². The highest BCUT2D eigenvalue weighted by Crippen LogP contribution is 2.13. The molecule has 2 rings (SSSR count). The number of carboxylic acid groups (broad SMARTS) is 1. The van der Waals surface area contributed by atoms with Crippen molar-refractivity contribution in [1.29, 1.82) is 0 Å². The Morgan fingerprint density at radius 1 is 1.00 bits per heavy atom. The molecule has 0 aliphatic carbocycles. The summed E-state index contributed by atoms with van der Waals surface area (Å²) in [7, 11) is 0. The van der Waals surface area contributed by atoms with Crippen LogP contribution in [0.2, 0.25) is 5.02 Å². The Bertz CT molecular complexity index is 678. The molecule has 5 heteroatoms. The number of halogens is 1. The fraction of sp³-hybridized carbons (Fsp3) is 0. The Balaban J connectivity index is 2.23. The second-order valence-corrected chi connectivity index (χ2v) is 4.66. The van der Waals surface area contributed by atoms with Crippen LogP contribution in [0.25, 0.3) is 0 Å². The van der Waals surface area contributed by atoms with Crippen LogP contribution in [0.5, 0.6) is 0 Å². The van der Waals surface area contributed by atoms with Gasteiger partial charge in [0.2, 0.25) is 0 Å². The van der Waals surface area contributed by atoms with Gasteiger partial charge in [-0.25, -0.2) is 4.79 Å². The largest absolute Gasteiger partial charge is 0.477 e. The van der Waals surface area contributed by atoms with Gasteiger partial charge >= 0.3 is 5.97 Å². The summed E-state index contributed by atoms with van der Waals surface area (Å²) in [6.07, 6.45) is 1.05. The maximum Gasteiger partial charge on any atom is 0.352 e. The van der Waals surface area contributed by atoms with Crippen molar-refractivity contribution in [3.05, 3.63) is 77.0 Å². The minimum atomic E-state index is -1.21. The molecule has 2 aromatic rings. The number of benzene rings is 2. The number of carbonyl (C=O) groups is 2. The standard InChI is InChI=1S/C16H12ClNO3/c17-12-8-6-11(7-9-12)15(19)10-14(16(20)21)18-13-4-2-1-3-5-13/h1-10,18H,(H,20,21). The number of carbonyl (C=O) groups excluding carboxylic acids is 1. The summed E-state index contributed by atoms with van der Waals surface area (Å²) in [5.74, 6) is -1.62. The lowest BCUT2D eigenvalue weighted by Gasteiger charge is -2.06. The van der Waals surface area contributed by atoms with E-state index in [2.05, 4.69) is 5.32 Å². The van der Waals surface area contributed by atoms with Crippen LogP contribution in [-0.2, 0) is 4.79 Å². The van der Waals surface area contributed by atoms with E-state index in [1.54, 1.807) is 48.5 Å². The fourth-order valence-corrected chi connectivity index (χ4v) is 1.78. The molecule has 0 amide bonds. The number of nitrogens with one attached hydrogen (secondary N) is 1. The molecule has 0 bridgehead atoms. The predicted molar refractivity (Wildman–Crippen MR) is 81.6 cm³/mol. The zero-order chi connectivity index (χ0) is 15.2. The van der Waals surface area contributed by atoms with Gasteiger partial charge in [-0.3, -0.25) is 4.79 Å². The van der Waals surface area contributed by atoms with Crippen molar-refractivity contribution in [3.63, 3.8) is 0 Å². The molecular weight excluding hydrogens is 290 g/mol. The number of rotatable bonds is 5. The van der Waals surface area contributed by atoms with Crippen LogP contribution in [0.1, 0.15) is 10.4 Å². The number of aliphatic carboxylic acids is 1. The van der Waals surface area contributed by atoms with E-state index < -0.39 is 11.8 Å². The Morgan fingerprint density at radius 2 is 1.62 bits per heavy atom. The van der Waals surface area contributed by atoms with Gasteiger partial charge in [-0.05, 0) is 36.4 Å². The lowest BCUT2D eigenvalue weighted by Crippen LogP contribution is -2.12. The summed E-state index contributed by atoms with van der Waals surface area (Å²) in [5.41, 5.74) is 0.768. The molecular formula is C16H12ClNO3. The molecule has 0 fully saturated rings. The van der Waals surface area contributed by atoms with E-state index in [1.165, 1.54) is 0 Å². The molecule has 0 atom stereocenters. The monoisotopic (exact) mass is 301 g/mol. The normalized spacial score (nSPS) is 11.0. The molecule has 4 nitrogen and oxygen atoms in total. The number of ketones is 1. The molecule has 0 unspecified atom stereocenters. The number of hydrogen-bond acceptors (Lipinski definition) is 3. The SMILES string of the molecule is O=C(O)C(=CC(=O)c1ccc(Cl)cc1)Nc1ccccc1. The summed E-state index contributed by atoms with van der Waals surface area (Å²) in [6, 6.07) is 15.0. The molecule has 2 aromatic carbocycles.